The SMILES string of the molecule is O=C([C@H]1CCNC1)N1CCC[C@@H]([C@H](O)c2c(O)ccc(Cl)c2Cl)CC1. The third-order valence-electron chi connectivity index (χ3n) is 5.35. The Balaban J connectivity index is 1.68. The van der Waals surface area contributed by atoms with Crippen molar-refractivity contribution in [1.82, 2.24) is 10.2 Å². The molecule has 3 atom stereocenters. The van der Waals surface area contributed by atoms with Crippen molar-refractivity contribution in [2.45, 2.75) is 31.8 Å². The number of phenols is 1. The summed E-state index contributed by atoms with van der Waals surface area (Å²) >= 11 is 12.2. The summed E-state index contributed by atoms with van der Waals surface area (Å²) in [5.41, 5.74) is 0.291. The second-order valence-corrected chi connectivity index (χ2v) is 7.73. The quantitative estimate of drug-likeness (QED) is 0.746. The number of aliphatic hydroxyl groups excluding tert-OH is 1. The van der Waals surface area contributed by atoms with Gasteiger partial charge in [0.25, 0.3) is 0 Å². The number of hydrogen-bond donors (Lipinski definition) is 3. The minimum absolute atomic E-state index is 0.0453. The first-order chi connectivity index (χ1) is 12.0. The highest BCUT2D eigenvalue weighted by Crippen LogP contribution is 2.41. The van der Waals surface area contributed by atoms with Crippen LogP contribution in [0.3, 0.4) is 0 Å². The van der Waals surface area contributed by atoms with Gasteiger partial charge < -0.3 is 20.4 Å². The van der Waals surface area contributed by atoms with E-state index in [0.717, 1.165) is 32.4 Å². The molecular formula is C18H24Cl2N2O3. The molecule has 0 spiro atoms. The predicted octanol–water partition coefficient (Wildman–Crippen LogP) is 2.97. The number of benzene rings is 1. The second kappa shape index (κ2) is 8.12. The maximum Gasteiger partial charge on any atom is 0.227 e. The smallest absolute Gasteiger partial charge is 0.227 e. The zero-order valence-corrected chi connectivity index (χ0v) is 15.6. The van der Waals surface area contributed by atoms with Gasteiger partial charge in [0, 0.05) is 25.2 Å². The largest absolute Gasteiger partial charge is 0.508 e. The van der Waals surface area contributed by atoms with Crippen LogP contribution in [0.4, 0.5) is 0 Å². The van der Waals surface area contributed by atoms with Crippen molar-refractivity contribution < 1.29 is 15.0 Å². The Morgan fingerprint density at radius 1 is 1.24 bits per heavy atom. The fourth-order valence-corrected chi connectivity index (χ4v) is 4.29. The fourth-order valence-electron chi connectivity index (χ4n) is 3.86. The standard InChI is InChI=1S/C18H24Cl2N2O3/c19-13-3-4-14(23)15(16(13)20)17(24)11-2-1-8-22(9-6-11)18(25)12-5-7-21-10-12/h3-4,11-12,17,21,23-24H,1-2,5-10H2/t11-,12+,17+/m1/s1. The van der Waals surface area contributed by atoms with Crippen LogP contribution in [0.15, 0.2) is 12.1 Å². The van der Waals surface area contributed by atoms with Crippen molar-refractivity contribution >= 4 is 29.1 Å². The van der Waals surface area contributed by atoms with Crippen LogP contribution in [0.2, 0.25) is 10.0 Å². The summed E-state index contributed by atoms with van der Waals surface area (Å²) in [6.45, 7) is 3.00. The van der Waals surface area contributed by atoms with E-state index in [0.29, 0.717) is 30.1 Å². The zero-order valence-electron chi connectivity index (χ0n) is 14.0. The van der Waals surface area contributed by atoms with Crippen LogP contribution in [0.25, 0.3) is 0 Å². The van der Waals surface area contributed by atoms with E-state index in [2.05, 4.69) is 5.32 Å². The molecule has 2 aliphatic rings. The molecule has 7 heteroatoms. The van der Waals surface area contributed by atoms with Gasteiger partial charge in [0.1, 0.15) is 5.75 Å². The molecule has 138 valence electrons. The Kier molecular flexibility index (Phi) is 6.10. The van der Waals surface area contributed by atoms with Crippen LogP contribution < -0.4 is 5.32 Å². The van der Waals surface area contributed by atoms with E-state index < -0.39 is 6.10 Å². The predicted molar refractivity (Wildman–Crippen MR) is 98.0 cm³/mol. The first-order valence-corrected chi connectivity index (χ1v) is 9.59. The number of nitrogens with zero attached hydrogens (tertiary/aromatic N) is 1. The van der Waals surface area contributed by atoms with E-state index in [-0.39, 0.29) is 28.5 Å². The van der Waals surface area contributed by atoms with Crippen molar-refractivity contribution in [2.75, 3.05) is 26.2 Å². The first-order valence-electron chi connectivity index (χ1n) is 8.83. The number of phenolic OH excluding ortho intramolecular Hbond substituents is 1. The minimum Gasteiger partial charge on any atom is -0.508 e. The van der Waals surface area contributed by atoms with Gasteiger partial charge in [-0.2, -0.15) is 0 Å². The number of halogens is 2. The van der Waals surface area contributed by atoms with Crippen molar-refractivity contribution in [3.8, 4) is 5.75 Å². The Bertz CT molecular complexity index is 635. The van der Waals surface area contributed by atoms with Crippen LogP contribution in [-0.2, 0) is 4.79 Å². The van der Waals surface area contributed by atoms with Crippen molar-refractivity contribution in [3.63, 3.8) is 0 Å². The molecule has 2 heterocycles. The molecule has 0 radical (unpaired) electrons. The average molecular weight is 387 g/mol. The third kappa shape index (κ3) is 4.05. The van der Waals surface area contributed by atoms with E-state index in [9.17, 15) is 15.0 Å². The summed E-state index contributed by atoms with van der Waals surface area (Å²) in [5.74, 6) is 0.175. The highest BCUT2D eigenvalue weighted by Gasteiger charge is 2.32. The Morgan fingerprint density at radius 3 is 2.76 bits per heavy atom. The number of aromatic hydroxyl groups is 1. The Labute approximate surface area is 157 Å². The number of nitrogens with one attached hydrogen (secondary N) is 1. The van der Waals surface area contributed by atoms with Crippen molar-refractivity contribution in [1.29, 1.82) is 0 Å². The molecule has 0 bridgehead atoms. The molecule has 5 nitrogen and oxygen atoms in total. The van der Waals surface area contributed by atoms with Crippen LogP contribution in [0.1, 0.15) is 37.4 Å². The molecule has 2 aliphatic heterocycles. The summed E-state index contributed by atoms with van der Waals surface area (Å²) in [5, 5.41) is 24.6. The topological polar surface area (TPSA) is 72.8 Å². The monoisotopic (exact) mass is 386 g/mol. The molecule has 2 saturated heterocycles. The van der Waals surface area contributed by atoms with Gasteiger partial charge in [-0.15, -0.1) is 0 Å². The lowest BCUT2D eigenvalue weighted by molar-refractivity contribution is -0.134. The van der Waals surface area contributed by atoms with Gasteiger partial charge in [0.05, 0.1) is 22.1 Å². The van der Waals surface area contributed by atoms with E-state index in [1.54, 1.807) is 0 Å². The van der Waals surface area contributed by atoms with Crippen LogP contribution in [-0.4, -0.2) is 47.2 Å². The number of likely N-dealkylation sites (tertiary alicyclic amines) is 1. The number of aliphatic hydroxyl groups is 1. The number of amides is 1. The molecule has 1 amide bonds. The molecule has 0 aromatic heterocycles. The summed E-state index contributed by atoms with van der Waals surface area (Å²) in [6, 6.07) is 2.96. The molecular weight excluding hydrogens is 363 g/mol. The van der Waals surface area contributed by atoms with Crippen molar-refractivity contribution in [3.05, 3.63) is 27.7 Å². The summed E-state index contributed by atoms with van der Waals surface area (Å²) in [6.07, 6.45) is 2.28. The van der Waals surface area contributed by atoms with Crippen LogP contribution >= 0.6 is 23.2 Å². The third-order valence-corrected chi connectivity index (χ3v) is 6.16. The molecule has 2 fully saturated rings. The normalized spacial score (nSPS) is 25.6. The molecule has 0 saturated carbocycles. The van der Waals surface area contributed by atoms with E-state index in [4.69, 9.17) is 23.2 Å². The lowest BCUT2D eigenvalue weighted by Crippen LogP contribution is -2.37. The van der Waals surface area contributed by atoms with Gasteiger partial charge in [-0.3, -0.25) is 4.79 Å². The zero-order chi connectivity index (χ0) is 18.0. The minimum atomic E-state index is -0.894. The summed E-state index contributed by atoms with van der Waals surface area (Å²) < 4.78 is 0. The molecule has 3 N–H and O–H groups in total. The highest BCUT2D eigenvalue weighted by molar-refractivity contribution is 6.42. The van der Waals surface area contributed by atoms with Gasteiger partial charge in [0.15, 0.2) is 0 Å². The molecule has 0 aliphatic carbocycles. The lowest BCUT2D eigenvalue weighted by Gasteiger charge is -2.25. The number of rotatable bonds is 3. The van der Waals surface area contributed by atoms with Crippen molar-refractivity contribution in [2.24, 2.45) is 11.8 Å². The molecule has 0 unspecified atom stereocenters. The van der Waals surface area contributed by atoms with Gasteiger partial charge in [-0.05, 0) is 50.3 Å². The van der Waals surface area contributed by atoms with E-state index in [1.807, 2.05) is 4.90 Å². The lowest BCUT2D eigenvalue weighted by atomic mass is 9.89. The number of hydrogen-bond acceptors (Lipinski definition) is 4. The van der Waals surface area contributed by atoms with Crippen LogP contribution in [0, 0.1) is 11.8 Å². The molecule has 3 rings (SSSR count). The molecule has 1 aromatic carbocycles. The van der Waals surface area contributed by atoms with Crippen LogP contribution in [0.5, 0.6) is 5.75 Å². The maximum absolute atomic E-state index is 12.6. The molecule has 1 aromatic rings. The first kappa shape index (κ1) is 18.8. The van der Waals surface area contributed by atoms with E-state index >= 15 is 0 Å². The maximum atomic E-state index is 12.6. The van der Waals surface area contributed by atoms with Gasteiger partial charge >= 0.3 is 0 Å². The van der Waals surface area contributed by atoms with E-state index in [1.165, 1.54) is 12.1 Å². The number of carbonyl (C=O) groups is 1. The second-order valence-electron chi connectivity index (χ2n) is 6.94. The number of carbonyl (C=O) groups excluding carboxylic acids is 1. The highest BCUT2D eigenvalue weighted by atomic mass is 35.5. The summed E-state index contributed by atoms with van der Waals surface area (Å²) in [7, 11) is 0. The fraction of sp³-hybridized carbons (Fsp3) is 0.611. The van der Waals surface area contributed by atoms with Gasteiger partial charge in [-0.1, -0.05) is 23.2 Å². The Morgan fingerprint density at radius 2 is 2.04 bits per heavy atom. The average Bonchev–Trinajstić information content (AvgIpc) is 3.02. The Hall–Kier alpha value is -1.01. The van der Waals surface area contributed by atoms with Gasteiger partial charge in [-0.25, -0.2) is 0 Å². The van der Waals surface area contributed by atoms with Gasteiger partial charge in [0.2, 0.25) is 5.91 Å². The molecule has 25 heavy (non-hydrogen) atoms. The summed E-state index contributed by atoms with van der Waals surface area (Å²) in [4.78, 5) is 14.5.